The number of H-pyrrole nitrogens is 1. The highest BCUT2D eigenvalue weighted by Crippen LogP contribution is 2.24. The van der Waals surface area contributed by atoms with Crippen molar-refractivity contribution in [1.82, 2.24) is 4.98 Å². The average molecular weight is 309 g/mol. The van der Waals surface area contributed by atoms with Gasteiger partial charge in [0.25, 0.3) is 0 Å². The number of fused-ring (bicyclic) bond motifs is 1. The Morgan fingerprint density at radius 1 is 1.09 bits per heavy atom. The number of thioether (sulfide) groups is 1. The third-order valence-corrected chi connectivity index (χ3v) is 4.83. The molecule has 112 valence electrons. The average Bonchev–Trinajstić information content (AvgIpc) is 3.00. The van der Waals surface area contributed by atoms with E-state index in [0.717, 1.165) is 28.6 Å². The molecular formula is C19H19NOS. The number of hydrogen-bond acceptors (Lipinski definition) is 2. The first-order chi connectivity index (χ1) is 10.8. The van der Waals surface area contributed by atoms with E-state index in [1.807, 2.05) is 36.5 Å². The van der Waals surface area contributed by atoms with Gasteiger partial charge in [0, 0.05) is 28.4 Å². The van der Waals surface area contributed by atoms with Gasteiger partial charge >= 0.3 is 0 Å². The van der Waals surface area contributed by atoms with Gasteiger partial charge in [-0.1, -0.05) is 55.5 Å². The van der Waals surface area contributed by atoms with Crippen molar-refractivity contribution in [3.8, 4) is 0 Å². The Morgan fingerprint density at radius 3 is 2.68 bits per heavy atom. The second-order valence-electron chi connectivity index (χ2n) is 5.30. The molecule has 3 aromatic rings. The van der Waals surface area contributed by atoms with Gasteiger partial charge in [0.05, 0.1) is 5.75 Å². The summed E-state index contributed by atoms with van der Waals surface area (Å²) in [6.07, 6.45) is 2.82. The van der Waals surface area contributed by atoms with Crippen LogP contribution in [0, 0.1) is 0 Å². The van der Waals surface area contributed by atoms with Crippen molar-refractivity contribution < 1.29 is 4.79 Å². The summed E-state index contributed by atoms with van der Waals surface area (Å²) < 4.78 is 0. The predicted octanol–water partition coefficient (Wildman–Crippen LogP) is 4.85. The molecule has 0 radical (unpaired) electrons. The van der Waals surface area contributed by atoms with Crippen molar-refractivity contribution in [2.45, 2.75) is 19.1 Å². The zero-order chi connectivity index (χ0) is 15.4. The van der Waals surface area contributed by atoms with E-state index in [1.165, 1.54) is 11.1 Å². The molecule has 0 fully saturated rings. The van der Waals surface area contributed by atoms with Gasteiger partial charge in [-0.15, -0.1) is 11.8 Å². The van der Waals surface area contributed by atoms with Crippen LogP contribution >= 0.6 is 11.8 Å². The third-order valence-electron chi connectivity index (χ3n) is 3.83. The molecule has 2 nitrogen and oxygen atoms in total. The minimum Gasteiger partial charge on any atom is -0.360 e. The van der Waals surface area contributed by atoms with Crippen LogP contribution in [0.1, 0.15) is 28.4 Å². The fourth-order valence-corrected chi connectivity index (χ4v) is 3.53. The quantitative estimate of drug-likeness (QED) is 0.660. The van der Waals surface area contributed by atoms with Crippen LogP contribution in [0.3, 0.4) is 0 Å². The summed E-state index contributed by atoms with van der Waals surface area (Å²) in [5, 5.41) is 1.05. The SMILES string of the molecule is CCc1cccc2c(C(=O)CSCc3ccccc3)c[nH]c12. The highest BCUT2D eigenvalue weighted by Gasteiger charge is 2.13. The Bertz CT molecular complexity index is 776. The highest BCUT2D eigenvalue weighted by atomic mass is 32.2. The van der Waals surface area contributed by atoms with E-state index < -0.39 is 0 Å². The Labute approximate surface area is 134 Å². The van der Waals surface area contributed by atoms with Crippen LogP contribution < -0.4 is 0 Å². The van der Waals surface area contributed by atoms with Crippen molar-refractivity contribution in [2.24, 2.45) is 0 Å². The summed E-state index contributed by atoms with van der Waals surface area (Å²) in [5.41, 5.74) is 4.42. The van der Waals surface area contributed by atoms with Gasteiger partial charge in [-0.25, -0.2) is 0 Å². The standard InChI is InChI=1S/C19H19NOS/c1-2-15-9-6-10-16-17(11-20-19(15)16)18(21)13-22-12-14-7-4-3-5-8-14/h3-11,20H,2,12-13H2,1H3. The number of benzene rings is 2. The second kappa shape index (κ2) is 6.84. The molecule has 0 atom stereocenters. The number of aryl methyl sites for hydroxylation is 1. The van der Waals surface area contributed by atoms with Crippen LogP contribution in [-0.4, -0.2) is 16.5 Å². The summed E-state index contributed by atoms with van der Waals surface area (Å²) in [7, 11) is 0. The molecule has 0 saturated heterocycles. The molecule has 3 heteroatoms. The van der Waals surface area contributed by atoms with E-state index >= 15 is 0 Å². The molecule has 0 saturated carbocycles. The first kappa shape index (κ1) is 14.9. The Balaban J connectivity index is 1.70. The van der Waals surface area contributed by atoms with Crippen LogP contribution in [0.5, 0.6) is 0 Å². The van der Waals surface area contributed by atoms with E-state index in [4.69, 9.17) is 0 Å². The van der Waals surface area contributed by atoms with Crippen LogP contribution in [0.15, 0.2) is 54.7 Å². The van der Waals surface area contributed by atoms with Crippen molar-refractivity contribution in [3.63, 3.8) is 0 Å². The van der Waals surface area contributed by atoms with E-state index in [9.17, 15) is 4.79 Å². The number of para-hydroxylation sites is 1. The van der Waals surface area contributed by atoms with Crippen LogP contribution in [0.2, 0.25) is 0 Å². The number of aromatic amines is 1. The maximum absolute atomic E-state index is 12.5. The lowest BCUT2D eigenvalue weighted by molar-refractivity contribution is 0.102. The fraction of sp³-hybridized carbons (Fsp3) is 0.211. The topological polar surface area (TPSA) is 32.9 Å². The molecule has 1 aromatic heterocycles. The number of Topliss-reactive ketones (excluding diaryl/α,β-unsaturated/α-hetero) is 1. The third kappa shape index (κ3) is 3.09. The Hall–Kier alpha value is -2.00. The number of carbonyl (C=O) groups excluding carboxylic acids is 1. The van der Waals surface area contributed by atoms with Gasteiger partial charge < -0.3 is 4.98 Å². The van der Waals surface area contributed by atoms with Crippen molar-refractivity contribution in [2.75, 3.05) is 5.75 Å². The van der Waals surface area contributed by atoms with Crippen molar-refractivity contribution >= 4 is 28.4 Å². The summed E-state index contributed by atoms with van der Waals surface area (Å²) in [6.45, 7) is 2.13. The first-order valence-electron chi connectivity index (χ1n) is 7.53. The molecule has 0 aliphatic heterocycles. The second-order valence-corrected chi connectivity index (χ2v) is 6.28. The summed E-state index contributed by atoms with van der Waals surface area (Å²) in [6, 6.07) is 16.4. The number of carbonyl (C=O) groups is 1. The van der Waals surface area contributed by atoms with Gasteiger partial charge in [-0.3, -0.25) is 4.79 Å². The van der Waals surface area contributed by atoms with Gasteiger partial charge in [0.15, 0.2) is 5.78 Å². The van der Waals surface area contributed by atoms with Gasteiger partial charge in [-0.2, -0.15) is 0 Å². The van der Waals surface area contributed by atoms with Crippen LogP contribution in [0.4, 0.5) is 0 Å². The molecule has 0 bridgehead atoms. The minimum atomic E-state index is 0.195. The number of hydrogen-bond donors (Lipinski definition) is 1. The van der Waals surface area contributed by atoms with Crippen LogP contribution in [-0.2, 0) is 12.2 Å². The molecule has 0 aliphatic rings. The monoisotopic (exact) mass is 309 g/mol. The molecule has 22 heavy (non-hydrogen) atoms. The van der Waals surface area contributed by atoms with E-state index in [-0.39, 0.29) is 5.78 Å². The van der Waals surface area contributed by atoms with Crippen molar-refractivity contribution in [3.05, 3.63) is 71.4 Å². The maximum Gasteiger partial charge on any atom is 0.174 e. The lowest BCUT2D eigenvalue weighted by Gasteiger charge is -2.02. The van der Waals surface area contributed by atoms with E-state index in [2.05, 4.69) is 30.1 Å². The molecule has 0 aliphatic carbocycles. The molecular weight excluding hydrogens is 290 g/mol. The molecule has 1 N–H and O–H groups in total. The van der Waals surface area contributed by atoms with Gasteiger partial charge in [0.2, 0.25) is 0 Å². The smallest absolute Gasteiger partial charge is 0.174 e. The fourth-order valence-electron chi connectivity index (χ4n) is 2.66. The summed E-state index contributed by atoms with van der Waals surface area (Å²) in [4.78, 5) is 15.7. The molecule has 3 rings (SSSR count). The Morgan fingerprint density at radius 2 is 1.91 bits per heavy atom. The molecule has 2 aromatic carbocycles. The molecule has 0 amide bonds. The molecule has 0 spiro atoms. The molecule has 1 heterocycles. The van der Waals surface area contributed by atoms with E-state index in [0.29, 0.717) is 5.75 Å². The largest absolute Gasteiger partial charge is 0.360 e. The lowest BCUT2D eigenvalue weighted by Crippen LogP contribution is -2.01. The lowest BCUT2D eigenvalue weighted by atomic mass is 10.1. The number of nitrogens with one attached hydrogen (secondary N) is 1. The summed E-state index contributed by atoms with van der Waals surface area (Å²) >= 11 is 1.67. The normalized spacial score (nSPS) is 11.0. The minimum absolute atomic E-state index is 0.195. The number of ketones is 1. The van der Waals surface area contributed by atoms with Gasteiger partial charge in [0.1, 0.15) is 0 Å². The highest BCUT2D eigenvalue weighted by molar-refractivity contribution is 7.99. The zero-order valence-electron chi connectivity index (χ0n) is 12.6. The van der Waals surface area contributed by atoms with Crippen LogP contribution in [0.25, 0.3) is 10.9 Å². The predicted molar refractivity (Wildman–Crippen MR) is 94.6 cm³/mol. The number of aromatic nitrogens is 1. The van der Waals surface area contributed by atoms with Gasteiger partial charge in [-0.05, 0) is 17.5 Å². The summed E-state index contributed by atoms with van der Waals surface area (Å²) in [5.74, 6) is 1.58. The van der Waals surface area contributed by atoms with Crippen molar-refractivity contribution in [1.29, 1.82) is 0 Å². The number of rotatable bonds is 6. The van der Waals surface area contributed by atoms with E-state index in [1.54, 1.807) is 11.8 Å². The Kier molecular flexibility index (Phi) is 4.64. The maximum atomic E-state index is 12.5. The zero-order valence-corrected chi connectivity index (χ0v) is 13.5. The first-order valence-corrected chi connectivity index (χ1v) is 8.69. The molecule has 0 unspecified atom stereocenters.